The highest BCUT2D eigenvalue weighted by molar-refractivity contribution is 5.94. The number of nitrogens with zero attached hydrogens (tertiary/aromatic N) is 1. The smallest absolute Gasteiger partial charge is 0.253 e. The van der Waals surface area contributed by atoms with E-state index in [2.05, 4.69) is 28.6 Å². The molecule has 0 unspecified atom stereocenters. The topological polar surface area (TPSA) is 54.0 Å². The van der Waals surface area contributed by atoms with Gasteiger partial charge in [0.1, 0.15) is 5.82 Å². The summed E-state index contributed by atoms with van der Waals surface area (Å²) < 4.78 is 13.7. The molecule has 5 heteroatoms. The molecule has 0 aliphatic heterocycles. The number of para-hydroxylation sites is 1. The van der Waals surface area contributed by atoms with E-state index in [1.807, 2.05) is 19.1 Å². The van der Waals surface area contributed by atoms with Gasteiger partial charge in [0.15, 0.2) is 0 Å². The number of pyridine rings is 1. The minimum absolute atomic E-state index is 0.126. The Bertz CT molecular complexity index is 956. The van der Waals surface area contributed by atoms with E-state index in [4.69, 9.17) is 0 Å². The Kier molecular flexibility index (Phi) is 5.81. The molecule has 4 nitrogen and oxygen atoms in total. The van der Waals surface area contributed by atoms with Crippen LogP contribution in [0.3, 0.4) is 0 Å². The molecule has 2 aromatic carbocycles. The van der Waals surface area contributed by atoms with E-state index in [0.717, 1.165) is 23.4 Å². The van der Waals surface area contributed by atoms with Crippen molar-refractivity contribution in [1.29, 1.82) is 0 Å². The van der Waals surface area contributed by atoms with Gasteiger partial charge in [-0.25, -0.2) is 4.39 Å². The van der Waals surface area contributed by atoms with Crippen LogP contribution >= 0.6 is 0 Å². The van der Waals surface area contributed by atoms with Gasteiger partial charge in [0.2, 0.25) is 0 Å². The first-order valence-corrected chi connectivity index (χ1v) is 8.90. The third-order valence-electron chi connectivity index (χ3n) is 4.41. The maximum atomic E-state index is 13.7. The zero-order valence-corrected chi connectivity index (χ0v) is 15.4. The van der Waals surface area contributed by atoms with E-state index in [-0.39, 0.29) is 18.3 Å². The predicted octanol–water partition coefficient (Wildman–Crippen LogP) is 4.77. The number of amides is 1. The molecule has 0 radical (unpaired) electrons. The molecule has 0 spiro atoms. The van der Waals surface area contributed by atoms with E-state index >= 15 is 0 Å². The maximum absolute atomic E-state index is 13.7. The van der Waals surface area contributed by atoms with Gasteiger partial charge in [-0.05, 0) is 36.6 Å². The van der Waals surface area contributed by atoms with Crippen LogP contribution in [0, 0.1) is 12.7 Å². The number of carbonyl (C=O) groups is 1. The summed E-state index contributed by atoms with van der Waals surface area (Å²) in [5, 5.41) is 6.10. The van der Waals surface area contributed by atoms with Crippen molar-refractivity contribution in [2.24, 2.45) is 0 Å². The summed E-state index contributed by atoms with van der Waals surface area (Å²) >= 11 is 0. The van der Waals surface area contributed by atoms with Crippen LogP contribution in [0.2, 0.25) is 0 Å². The molecule has 1 amide bonds. The second kappa shape index (κ2) is 8.45. The molecule has 0 saturated carbocycles. The van der Waals surface area contributed by atoms with Gasteiger partial charge in [-0.15, -0.1) is 0 Å². The average Bonchev–Trinajstić information content (AvgIpc) is 2.69. The van der Waals surface area contributed by atoms with Crippen LogP contribution < -0.4 is 10.6 Å². The van der Waals surface area contributed by atoms with Gasteiger partial charge in [-0.1, -0.05) is 43.3 Å². The van der Waals surface area contributed by atoms with Crippen LogP contribution in [-0.2, 0) is 13.0 Å². The van der Waals surface area contributed by atoms with E-state index in [9.17, 15) is 9.18 Å². The molecule has 3 rings (SSSR count). The van der Waals surface area contributed by atoms with Crippen molar-refractivity contribution >= 4 is 17.3 Å². The molecule has 0 bridgehead atoms. The minimum Gasteiger partial charge on any atom is -0.354 e. The molecule has 27 heavy (non-hydrogen) atoms. The van der Waals surface area contributed by atoms with Crippen molar-refractivity contribution in [3.05, 3.63) is 89.0 Å². The fourth-order valence-corrected chi connectivity index (χ4v) is 2.90. The quantitative estimate of drug-likeness (QED) is 0.664. The summed E-state index contributed by atoms with van der Waals surface area (Å²) in [4.78, 5) is 16.6. The van der Waals surface area contributed by atoms with Gasteiger partial charge in [0, 0.05) is 24.0 Å². The number of anilines is 2. The van der Waals surface area contributed by atoms with Gasteiger partial charge < -0.3 is 10.6 Å². The summed E-state index contributed by atoms with van der Waals surface area (Å²) in [6.07, 6.45) is 4.08. The Hall–Kier alpha value is -3.21. The zero-order valence-electron chi connectivity index (χ0n) is 15.4. The molecule has 0 aliphatic carbocycles. The maximum Gasteiger partial charge on any atom is 0.253 e. The van der Waals surface area contributed by atoms with Crippen LogP contribution in [0.1, 0.15) is 34.0 Å². The van der Waals surface area contributed by atoms with Crippen LogP contribution in [0.4, 0.5) is 15.8 Å². The number of aryl methyl sites for hydroxylation is 2. The molecule has 1 heterocycles. The molecule has 0 saturated heterocycles. The molecular weight excluding hydrogens is 341 g/mol. The van der Waals surface area contributed by atoms with Crippen molar-refractivity contribution in [2.45, 2.75) is 26.8 Å². The first-order valence-electron chi connectivity index (χ1n) is 8.90. The Labute approximate surface area is 158 Å². The summed E-state index contributed by atoms with van der Waals surface area (Å²) in [6.45, 7) is 4.27. The summed E-state index contributed by atoms with van der Waals surface area (Å²) in [5.41, 5.74) is 4.96. The Morgan fingerprint density at radius 3 is 2.63 bits per heavy atom. The van der Waals surface area contributed by atoms with Crippen molar-refractivity contribution in [3.63, 3.8) is 0 Å². The highest BCUT2D eigenvalue weighted by Crippen LogP contribution is 2.25. The highest BCUT2D eigenvalue weighted by Gasteiger charge is 2.10. The van der Waals surface area contributed by atoms with Crippen molar-refractivity contribution in [2.75, 3.05) is 5.32 Å². The van der Waals surface area contributed by atoms with Crippen LogP contribution in [0.5, 0.6) is 0 Å². The van der Waals surface area contributed by atoms with Gasteiger partial charge in [0.05, 0.1) is 17.4 Å². The second-order valence-corrected chi connectivity index (χ2v) is 6.32. The summed E-state index contributed by atoms with van der Waals surface area (Å²) in [7, 11) is 0. The van der Waals surface area contributed by atoms with Crippen molar-refractivity contribution < 1.29 is 9.18 Å². The molecule has 0 atom stereocenters. The first kappa shape index (κ1) is 18.6. The largest absolute Gasteiger partial charge is 0.354 e. The monoisotopic (exact) mass is 363 g/mol. The first-order chi connectivity index (χ1) is 13.1. The number of rotatable bonds is 6. The molecule has 2 N–H and O–H groups in total. The van der Waals surface area contributed by atoms with Gasteiger partial charge in [0.25, 0.3) is 5.91 Å². The summed E-state index contributed by atoms with van der Waals surface area (Å²) in [6, 6.07) is 14.3. The number of hydrogen-bond acceptors (Lipinski definition) is 3. The Morgan fingerprint density at radius 1 is 1.07 bits per heavy atom. The van der Waals surface area contributed by atoms with E-state index in [1.54, 1.807) is 30.5 Å². The lowest BCUT2D eigenvalue weighted by molar-refractivity contribution is 0.0950. The fourth-order valence-electron chi connectivity index (χ4n) is 2.90. The fraction of sp³-hybridized carbons (Fsp3) is 0.182. The van der Waals surface area contributed by atoms with Gasteiger partial charge in [-0.3, -0.25) is 9.78 Å². The highest BCUT2D eigenvalue weighted by atomic mass is 19.1. The number of carbonyl (C=O) groups excluding carboxylic acids is 1. The van der Waals surface area contributed by atoms with Gasteiger partial charge in [-0.2, -0.15) is 0 Å². The normalized spacial score (nSPS) is 10.5. The Balaban J connectivity index is 1.74. The van der Waals surface area contributed by atoms with E-state index in [0.29, 0.717) is 11.1 Å². The van der Waals surface area contributed by atoms with Crippen LogP contribution in [-0.4, -0.2) is 10.9 Å². The zero-order chi connectivity index (χ0) is 19.2. The predicted molar refractivity (Wildman–Crippen MR) is 106 cm³/mol. The number of benzene rings is 2. The van der Waals surface area contributed by atoms with Crippen LogP contribution in [0.25, 0.3) is 0 Å². The molecule has 1 aromatic heterocycles. The molecule has 0 fully saturated rings. The molecule has 138 valence electrons. The third kappa shape index (κ3) is 4.50. The van der Waals surface area contributed by atoms with Crippen molar-refractivity contribution in [1.82, 2.24) is 10.3 Å². The van der Waals surface area contributed by atoms with Crippen molar-refractivity contribution in [3.8, 4) is 0 Å². The Morgan fingerprint density at radius 2 is 1.85 bits per heavy atom. The lowest BCUT2D eigenvalue weighted by Gasteiger charge is -2.14. The molecular formula is C22H22FN3O. The van der Waals surface area contributed by atoms with E-state index in [1.165, 1.54) is 17.8 Å². The average molecular weight is 363 g/mol. The lowest BCUT2D eigenvalue weighted by atomic mass is 10.1. The SMILES string of the molecule is CCc1cccc(C)c1Nc1cncc(C(=O)NCc2ccccc2F)c1. The molecule has 0 aliphatic rings. The number of nitrogens with one attached hydrogen (secondary N) is 2. The second-order valence-electron chi connectivity index (χ2n) is 6.32. The van der Waals surface area contributed by atoms with Gasteiger partial charge >= 0.3 is 0 Å². The number of hydrogen-bond donors (Lipinski definition) is 2. The number of halogens is 1. The molecule has 3 aromatic rings. The van der Waals surface area contributed by atoms with Crippen LogP contribution in [0.15, 0.2) is 60.9 Å². The standard InChI is InChI=1S/C22H22FN3O/c1-3-16-9-6-7-15(2)21(16)26-19-11-18(12-24-14-19)22(27)25-13-17-8-4-5-10-20(17)23/h4-12,14,26H,3,13H2,1-2H3,(H,25,27). The van der Waals surface area contributed by atoms with E-state index < -0.39 is 0 Å². The minimum atomic E-state index is -0.335. The number of aromatic nitrogens is 1. The lowest BCUT2D eigenvalue weighted by Crippen LogP contribution is -2.23. The summed E-state index contributed by atoms with van der Waals surface area (Å²) in [5.74, 6) is -0.632. The third-order valence-corrected chi connectivity index (χ3v) is 4.41.